The summed E-state index contributed by atoms with van der Waals surface area (Å²) in [6.45, 7) is 2.12. The average molecular weight is 275 g/mol. The van der Waals surface area contributed by atoms with Crippen LogP contribution in [-0.2, 0) is 6.42 Å². The first-order valence-electron chi connectivity index (χ1n) is 6.12. The summed E-state index contributed by atoms with van der Waals surface area (Å²) in [7, 11) is 1.96. The van der Waals surface area contributed by atoms with Gasteiger partial charge in [-0.25, -0.2) is 4.98 Å². The molecule has 5 nitrogen and oxygen atoms in total. The molecule has 0 radical (unpaired) electrons. The van der Waals surface area contributed by atoms with Crippen LogP contribution in [-0.4, -0.2) is 22.2 Å². The van der Waals surface area contributed by atoms with Gasteiger partial charge < -0.3 is 10.6 Å². The molecule has 1 aromatic heterocycles. The highest BCUT2D eigenvalue weighted by atomic mass is 32.1. The van der Waals surface area contributed by atoms with Crippen LogP contribution in [0.1, 0.15) is 24.7 Å². The zero-order chi connectivity index (χ0) is 13.8. The van der Waals surface area contributed by atoms with E-state index in [0.29, 0.717) is 0 Å². The summed E-state index contributed by atoms with van der Waals surface area (Å²) < 4.78 is 4.33. The Kier molecular flexibility index (Phi) is 4.11. The Morgan fingerprint density at radius 2 is 2.05 bits per heavy atom. The molecule has 6 heteroatoms. The molecule has 0 unspecified atom stereocenters. The predicted octanol–water partition coefficient (Wildman–Crippen LogP) is 2.54. The van der Waals surface area contributed by atoms with Gasteiger partial charge in [0.1, 0.15) is 11.7 Å². The van der Waals surface area contributed by atoms with Crippen LogP contribution in [0.15, 0.2) is 24.3 Å². The van der Waals surface area contributed by atoms with E-state index in [4.69, 9.17) is 11.1 Å². The van der Waals surface area contributed by atoms with Gasteiger partial charge in [0.2, 0.25) is 5.13 Å². The van der Waals surface area contributed by atoms with Crippen molar-refractivity contribution in [2.45, 2.75) is 19.8 Å². The van der Waals surface area contributed by atoms with Gasteiger partial charge in [-0.1, -0.05) is 6.92 Å². The number of nitrogens with one attached hydrogen (secondary N) is 1. The number of nitrogen functional groups attached to an aromatic ring is 1. The van der Waals surface area contributed by atoms with Gasteiger partial charge in [-0.3, -0.25) is 5.41 Å². The Hall–Kier alpha value is -1.95. The minimum Gasteiger partial charge on any atom is -0.384 e. The van der Waals surface area contributed by atoms with Gasteiger partial charge in [-0.2, -0.15) is 4.37 Å². The van der Waals surface area contributed by atoms with E-state index in [2.05, 4.69) is 16.3 Å². The van der Waals surface area contributed by atoms with Gasteiger partial charge in [-0.15, -0.1) is 0 Å². The number of anilines is 2. The Labute approximate surface area is 116 Å². The molecule has 0 atom stereocenters. The van der Waals surface area contributed by atoms with Crippen LogP contribution < -0.4 is 10.6 Å². The van der Waals surface area contributed by atoms with Crippen LogP contribution in [0.25, 0.3) is 0 Å². The second-order valence-electron chi connectivity index (χ2n) is 4.26. The molecule has 0 fully saturated rings. The van der Waals surface area contributed by atoms with Crippen LogP contribution in [0.2, 0.25) is 0 Å². The second-order valence-corrected chi connectivity index (χ2v) is 4.99. The molecule has 0 saturated carbocycles. The lowest BCUT2D eigenvalue weighted by atomic mass is 10.2. The van der Waals surface area contributed by atoms with Crippen molar-refractivity contribution in [2.75, 3.05) is 11.9 Å². The van der Waals surface area contributed by atoms with Crippen LogP contribution in [0, 0.1) is 5.41 Å². The van der Waals surface area contributed by atoms with Crippen LogP contribution in [0.3, 0.4) is 0 Å². The van der Waals surface area contributed by atoms with Gasteiger partial charge in [0, 0.05) is 36.3 Å². The molecule has 0 aliphatic rings. The fourth-order valence-electron chi connectivity index (χ4n) is 1.68. The number of nitrogens with two attached hydrogens (primary N) is 1. The molecule has 2 rings (SSSR count). The maximum Gasteiger partial charge on any atom is 0.209 e. The first-order valence-corrected chi connectivity index (χ1v) is 6.90. The smallest absolute Gasteiger partial charge is 0.209 e. The second kappa shape index (κ2) is 5.79. The highest BCUT2D eigenvalue weighted by Crippen LogP contribution is 2.25. The SMILES string of the molecule is CCCc1nsc(N(C)c2ccc(C(=N)N)cc2)n1. The Morgan fingerprint density at radius 3 is 2.63 bits per heavy atom. The molecule has 19 heavy (non-hydrogen) atoms. The molecular weight excluding hydrogens is 258 g/mol. The molecule has 1 aromatic carbocycles. The van der Waals surface area contributed by atoms with E-state index < -0.39 is 0 Å². The summed E-state index contributed by atoms with van der Waals surface area (Å²) in [5.74, 6) is 0.977. The number of aryl methyl sites for hydroxylation is 1. The standard InChI is InChI=1S/C13H17N5S/c1-3-4-11-16-13(19-17-11)18(2)10-7-5-9(6-8-10)12(14)15/h5-8H,3-4H2,1-2H3,(H3,14,15). The molecule has 0 spiro atoms. The summed E-state index contributed by atoms with van der Waals surface area (Å²) in [5, 5.41) is 8.24. The third-order valence-corrected chi connectivity index (χ3v) is 3.61. The van der Waals surface area contributed by atoms with Crippen molar-refractivity contribution in [2.24, 2.45) is 5.73 Å². The normalized spacial score (nSPS) is 10.4. The summed E-state index contributed by atoms with van der Waals surface area (Å²) >= 11 is 1.40. The highest BCUT2D eigenvalue weighted by molar-refractivity contribution is 7.09. The van der Waals surface area contributed by atoms with Gasteiger partial charge >= 0.3 is 0 Å². The number of amidine groups is 1. The van der Waals surface area contributed by atoms with E-state index in [9.17, 15) is 0 Å². The zero-order valence-corrected chi connectivity index (χ0v) is 11.9. The number of hydrogen-bond acceptors (Lipinski definition) is 5. The third kappa shape index (κ3) is 3.08. The van der Waals surface area contributed by atoms with Crippen molar-refractivity contribution in [1.29, 1.82) is 5.41 Å². The lowest BCUT2D eigenvalue weighted by Gasteiger charge is -2.15. The molecule has 0 saturated heterocycles. The molecule has 100 valence electrons. The van der Waals surface area contributed by atoms with E-state index in [-0.39, 0.29) is 5.84 Å². The number of rotatable bonds is 5. The van der Waals surface area contributed by atoms with Crippen LogP contribution in [0.4, 0.5) is 10.8 Å². The maximum atomic E-state index is 7.37. The van der Waals surface area contributed by atoms with Gasteiger partial charge in [0.15, 0.2) is 0 Å². The van der Waals surface area contributed by atoms with Gasteiger partial charge in [0.25, 0.3) is 0 Å². The van der Waals surface area contributed by atoms with Crippen molar-refractivity contribution >= 4 is 28.2 Å². The molecular formula is C13H17N5S. The van der Waals surface area contributed by atoms with E-state index in [1.165, 1.54) is 11.5 Å². The Balaban J connectivity index is 2.17. The van der Waals surface area contributed by atoms with Crippen molar-refractivity contribution in [3.05, 3.63) is 35.7 Å². The summed E-state index contributed by atoms with van der Waals surface area (Å²) in [6, 6.07) is 7.53. The van der Waals surface area contributed by atoms with Crippen molar-refractivity contribution in [1.82, 2.24) is 9.36 Å². The maximum absolute atomic E-state index is 7.37. The Bertz CT molecular complexity index is 561. The third-order valence-electron chi connectivity index (χ3n) is 2.78. The summed E-state index contributed by atoms with van der Waals surface area (Å²) in [6.07, 6.45) is 1.96. The minimum atomic E-state index is 0.0790. The average Bonchev–Trinajstić information content (AvgIpc) is 2.87. The summed E-state index contributed by atoms with van der Waals surface area (Å²) in [4.78, 5) is 6.49. The first kappa shape index (κ1) is 13.5. The first-order chi connectivity index (χ1) is 9.11. The van der Waals surface area contributed by atoms with E-state index >= 15 is 0 Å². The van der Waals surface area contributed by atoms with Crippen LogP contribution >= 0.6 is 11.5 Å². The van der Waals surface area contributed by atoms with Gasteiger partial charge in [-0.05, 0) is 30.7 Å². The molecule has 1 heterocycles. The van der Waals surface area contributed by atoms with E-state index in [1.807, 2.05) is 36.2 Å². The number of hydrogen-bond donors (Lipinski definition) is 2. The number of nitrogens with zero attached hydrogens (tertiary/aromatic N) is 3. The largest absolute Gasteiger partial charge is 0.384 e. The molecule has 0 aliphatic heterocycles. The van der Waals surface area contributed by atoms with Crippen molar-refractivity contribution < 1.29 is 0 Å². The highest BCUT2D eigenvalue weighted by Gasteiger charge is 2.10. The lowest BCUT2D eigenvalue weighted by molar-refractivity contribution is 0.859. The van der Waals surface area contributed by atoms with Crippen molar-refractivity contribution in [3.63, 3.8) is 0 Å². The number of aromatic nitrogens is 2. The number of benzene rings is 1. The fourth-order valence-corrected chi connectivity index (χ4v) is 2.37. The zero-order valence-electron chi connectivity index (χ0n) is 11.1. The van der Waals surface area contributed by atoms with Gasteiger partial charge in [0.05, 0.1) is 0 Å². The van der Waals surface area contributed by atoms with E-state index in [0.717, 1.165) is 35.0 Å². The molecule has 0 bridgehead atoms. The quantitative estimate of drug-likeness (QED) is 0.649. The van der Waals surface area contributed by atoms with E-state index in [1.54, 1.807) is 0 Å². The topological polar surface area (TPSA) is 78.9 Å². The molecule has 0 amide bonds. The fraction of sp³-hybridized carbons (Fsp3) is 0.308. The monoisotopic (exact) mass is 275 g/mol. The molecule has 0 aliphatic carbocycles. The van der Waals surface area contributed by atoms with Crippen molar-refractivity contribution in [3.8, 4) is 0 Å². The Morgan fingerprint density at radius 1 is 1.37 bits per heavy atom. The van der Waals surface area contributed by atoms with Crippen LogP contribution in [0.5, 0.6) is 0 Å². The molecule has 2 aromatic rings. The lowest BCUT2D eigenvalue weighted by Crippen LogP contribution is -2.12. The predicted molar refractivity (Wildman–Crippen MR) is 79.4 cm³/mol. The minimum absolute atomic E-state index is 0.0790. The summed E-state index contributed by atoms with van der Waals surface area (Å²) in [5.41, 5.74) is 7.16. The molecule has 3 N–H and O–H groups in total.